The molecular formula is C20H32N4O. The van der Waals surface area contributed by atoms with Crippen LogP contribution in [0.1, 0.15) is 56.3 Å². The van der Waals surface area contributed by atoms with Crippen molar-refractivity contribution in [1.82, 2.24) is 19.6 Å². The van der Waals surface area contributed by atoms with Gasteiger partial charge in [-0.25, -0.2) is 0 Å². The van der Waals surface area contributed by atoms with Crippen LogP contribution in [0.4, 0.5) is 0 Å². The Kier molecular flexibility index (Phi) is 4.61. The monoisotopic (exact) mass is 344 g/mol. The van der Waals surface area contributed by atoms with Crippen molar-refractivity contribution in [3.63, 3.8) is 0 Å². The third-order valence-electron chi connectivity index (χ3n) is 6.58. The lowest BCUT2D eigenvalue weighted by Crippen LogP contribution is -2.67. The third-order valence-corrected chi connectivity index (χ3v) is 6.58. The predicted molar refractivity (Wildman–Crippen MR) is 98.0 cm³/mol. The molecule has 2 saturated heterocycles. The minimum Gasteiger partial charge on any atom is -0.341 e. The maximum absolute atomic E-state index is 13.0. The molecule has 1 amide bonds. The van der Waals surface area contributed by atoms with Crippen molar-refractivity contribution >= 4 is 5.91 Å². The first kappa shape index (κ1) is 17.1. The number of hydrogen-bond acceptors (Lipinski definition) is 3. The molecule has 0 N–H and O–H groups in total. The number of β-lactam (4-membered cyclic amide) rings is 1. The lowest BCUT2D eigenvalue weighted by atomic mass is 9.71. The fourth-order valence-electron chi connectivity index (χ4n) is 5.28. The lowest BCUT2D eigenvalue weighted by Gasteiger charge is -2.54. The van der Waals surface area contributed by atoms with Crippen molar-refractivity contribution in [2.45, 2.75) is 58.4 Å². The molecule has 0 aromatic carbocycles. The van der Waals surface area contributed by atoms with Crippen LogP contribution in [-0.2, 0) is 18.4 Å². The predicted octanol–water partition coefficient (Wildman–Crippen LogP) is 2.73. The summed E-state index contributed by atoms with van der Waals surface area (Å²) in [5, 5.41) is 4.45. The number of hydrogen-bond donors (Lipinski definition) is 0. The number of aryl methyl sites for hydroxylation is 2. The molecule has 1 aromatic heterocycles. The summed E-state index contributed by atoms with van der Waals surface area (Å²) in [7, 11) is 2.02. The minimum absolute atomic E-state index is 0.0828. The summed E-state index contributed by atoms with van der Waals surface area (Å²) < 4.78 is 1.98. The number of likely N-dealkylation sites (tertiary alicyclic amines) is 2. The van der Waals surface area contributed by atoms with E-state index in [2.05, 4.69) is 21.0 Å². The molecule has 2 aliphatic heterocycles. The smallest absolute Gasteiger partial charge is 0.231 e. The average molecular weight is 345 g/mol. The molecule has 138 valence electrons. The lowest BCUT2D eigenvalue weighted by molar-refractivity contribution is -0.167. The van der Waals surface area contributed by atoms with Gasteiger partial charge >= 0.3 is 0 Å². The van der Waals surface area contributed by atoms with E-state index in [9.17, 15) is 4.79 Å². The average Bonchev–Trinajstić information content (AvgIpc) is 2.93. The van der Waals surface area contributed by atoms with Crippen molar-refractivity contribution in [3.8, 4) is 0 Å². The van der Waals surface area contributed by atoms with Crippen LogP contribution >= 0.6 is 0 Å². The van der Waals surface area contributed by atoms with E-state index in [1.54, 1.807) is 0 Å². The van der Waals surface area contributed by atoms with Gasteiger partial charge in [0, 0.05) is 33.2 Å². The number of carbonyl (C=O) groups is 1. The van der Waals surface area contributed by atoms with Gasteiger partial charge in [-0.1, -0.05) is 19.3 Å². The molecule has 5 nitrogen and oxygen atoms in total. The second-order valence-electron chi connectivity index (χ2n) is 8.68. The zero-order valence-corrected chi connectivity index (χ0v) is 15.8. The van der Waals surface area contributed by atoms with E-state index in [0.717, 1.165) is 57.2 Å². The van der Waals surface area contributed by atoms with Gasteiger partial charge in [0.25, 0.3) is 0 Å². The largest absolute Gasteiger partial charge is 0.341 e. The van der Waals surface area contributed by atoms with Crippen LogP contribution in [0.2, 0.25) is 0 Å². The summed E-state index contributed by atoms with van der Waals surface area (Å²) >= 11 is 0. The summed E-state index contributed by atoms with van der Waals surface area (Å²) in [6.07, 6.45) is 8.96. The molecule has 3 aliphatic rings. The van der Waals surface area contributed by atoms with Gasteiger partial charge in [0.2, 0.25) is 5.91 Å². The van der Waals surface area contributed by atoms with E-state index in [1.165, 1.54) is 37.8 Å². The fraction of sp³-hybridized carbons (Fsp3) is 0.800. The summed E-state index contributed by atoms with van der Waals surface area (Å²) in [6.45, 7) is 6.98. The molecule has 1 saturated carbocycles. The molecule has 1 aromatic rings. The first-order chi connectivity index (χ1) is 12.1. The molecule has 1 atom stereocenters. The quantitative estimate of drug-likeness (QED) is 0.789. The van der Waals surface area contributed by atoms with E-state index in [0.29, 0.717) is 5.91 Å². The Morgan fingerprint density at radius 2 is 2.00 bits per heavy atom. The van der Waals surface area contributed by atoms with Crippen molar-refractivity contribution in [1.29, 1.82) is 0 Å². The first-order valence-corrected chi connectivity index (χ1v) is 10.1. The van der Waals surface area contributed by atoms with E-state index in [4.69, 9.17) is 0 Å². The van der Waals surface area contributed by atoms with E-state index in [1.807, 2.05) is 18.7 Å². The molecule has 3 fully saturated rings. The van der Waals surface area contributed by atoms with Gasteiger partial charge in [-0.2, -0.15) is 5.10 Å². The Bertz CT molecular complexity index is 634. The van der Waals surface area contributed by atoms with Crippen LogP contribution in [-0.4, -0.2) is 51.7 Å². The van der Waals surface area contributed by atoms with Gasteiger partial charge < -0.3 is 4.90 Å². The van der Waals surface area contributed by atoms with E-state index in [-0.39, 0.29) is 5.41 Å². The zero-order valence-electron chi connectivity index (χ0n) is 15.8. The highest BCUT2D eigenvalue weighted by molar-refractivity contribution is 5.89. The number of piperidine rings is 1. The van der Waals surface area contributed by atoms with Crippen LogP contribution in [0, 0.1) is 18.3 Å². The highest BCUT2D eigenvalue weighted by Crippen LogP contribution is 2.41. The fourth-order valence-corrected chi connectivity index (χ4v) is 5.28. The van der Waals surface area contributed by atoms with E-state index < -0.39 is 0 Å². The molecular weight excluding hydrogens is 312 g/mol. The van der Waals surface area contributed by atoms with Crippen LogP contribution < -0.4 is 0 Å². The summed E-state index contributed by atoms with van der Waals surface area (Å²) in [6, 6.07) is 2.17. The molecule has 1 unspecified atom stereocenters. The van der Waals surface area contributed by atoms with Crippen LogP contribution in [0.15, 0.2) is 6.07 Å². The van der Waals surface area contributed by atoms with Crippen molar-refractivity contribution in [2.24, 2.45) is 18.4 Å². The molecule has 4 rings (SSSR count). The second-order valence-corrected chi connectivity index (χ2v) is 8.68. The summed E-state index contributed by atoms with van der Waals surface area (Å²) in [4.78, 5) is 17.6. The summed E-state index contributed by atoms with van der Waals surface area (Å²) in [5.74, 6) is 1.19. The zero-order chi connectivity index (χ0) is 17.4. The Balaban J connectivity index is 1.35. The number of nitrogens with zero attached hydrogens (tertiary/aromatic N) is 4. The standard InChI is InChI=1S/C20H32N4O/c1-16-11-18(22(2)21-16)13-23-10-6-9-20(14-23)15-24(19(20)25)12-17-7-4-3-5-8-17/h11,17H,3-10,12-15H2,1-2H3. The van der Waals surface area contributed by atoms with E-state index >= 15 is 0 Å². The Hall–Kier alpha value is -1.36. The molecule has 0 bridgehead atoms. The van der Waals surface area contributed by atoms with Crippen LogP contribution in [0.5, 0.6) is 0 Å². The molecule has 5 heteroatoms. The number of aromatic nitrogens is 2. The first-order valence-electron chi connectivity index (χ1n) is 10.1. The van der Waals surface area contributed by atoms with Gasteiger partial charge in [0.05, 0.1) is 16.8 Å². The highest BCUT2D eigenvalue weighted by Gasteiger charge is 2.53. The molecule has 0 radical (unpaired) electrons. The normalized spacial score (nSPS) is 28.6. The van der Waals surface area contributed by atoms with Crippen molar-refractivity contribution in [3.05, 3.63) is 17.5 Å². The summed E-state index contributed by atoms with van der Waals surface area (Å²) in [5.41, 5.74) is 2.24. The van der Waals surface area contributed by atoms with Crippen LogP contribution in [0.25, 0.3) is 0 Å². The number of rotatable bonds is 4. The van der Waals surface area contributed by atoms with Gasteiger partial charge in [-0.3, -0.25) is 14.4 Å². The van der Waals surface area contributed by atoms with Crippen molar-refractivity contribution < 1.29 is 4.79 Å². The molecule has 25 heavy (non-hydrogen) atoms. The van der Waals surface area contributed by atoms with Gasteiger partial charge in [0.1, 0.15) is 0 Å². The van der Waals surface area contributed by atoms with Crippen LogP contribution in [0.3, 0.4) is 0 Å². The second kappa shape index (κ2) is 6.75. The Labute approximate surface area is 151 Å². The third kappa shape index (κ3) is 3.35. The highest BCUT2D eigenvalue weighted by atomic mass is 16.2. The Morgan fingerprint density at radius 1 is 1.20 bits per heavy atom. The molecule has 3 heterocycles. The van der Waals surface area contributed by atoms with Gasteiger partial charge in [-0.15, -0.1) is 0 Å². The van der Waals surface area contributed by atoms with Gasteiger partial charge in [0.15, 0.2) is 0 Å². The molecule has 1 aliphatic carbocycles. The Morgan fingerprint density at radius 3 is 2.68 bits per heavy atom. The minimum atomic E-state index is -0.0828. The maximum atomic E-state index is 13.0. The maximum Gasteiger partial charge on any atom is 0.231 e. The number of amides is 1. The van der Waals surface area contributed by atoms with Gasteiger partial charge in [-0.05, 0) is 51.1 Å². The topological polar surface area (TPSA) is 41.4 Å². The SMILES string of the molecule is Cc1cc(CN2CCCC3(C2)CN(CC2CCCCC2)C3=O)n(C)n1. The number of carbonyl (C=O) groups excluding carboxylic acids is 1. The molecule has 1 spiro atoms. The van der Waals surface area contributed by atoms with Crippen molar-refractivity contribution in [2.75, 3.05) is 26.2 Å².